The largest absolute Gasteiger partial charge is 0.306 e. The Kier molecular flexibility index (Phi) is 4.95. The van der Waals surface area contributed by atoms with Crippen molar-refractivity contribution in [3.63, 3.8) is 0 Å². The molecule has 0 radical (unpaired) electrons. The lowest BCUT2D eigenvalue weighted by Crippen LogP contribution is -2.10. The maximum atomic E-state index is 11.7. The molecule has 1 amide bonds. The monoisotopic (exact) mass is 327 g/mol. The van der Waals surface area contributed by atoms with E-state index in [1.165, 1.54) is 12.4 Å². The van der Waals surface area contributed by atoms with Gasteiger partial charge < -0.3 is 5.32 Å². The summed E-state index contributed by atoms with van der Waals surface area (Å²) in [5.74, 6) is -0.214. The van der Waals surface area contributed by atoms with E-state index in [0.717, 1.165) is 5.56 Å². The first-order chi connectivity index (χ1) is 9.56. The van der Waals surface area contributed by atoms with Crippen LogP contribution >= 0.6 is 34.8 Å². The van der Waals surface area contributed by atoms with Crippen LogP contribution in [0.3, 0.4) is 0 Å². The number of nitrogens with zero attached hydrogens (tertiary/aromatic N) is 2. The van der Waals surface area contributed by atoms with Gasteiger partial charge in [-0.25, -0.2) is 9.97 Å². The minimum absolute atomic E-state index is 0.0821. The fourth-order valence-corrected chi connectivity index (χ4v) is 1.74. The molecule has 0 saturated carbocycles. The Labute approximate surface area is 130 Å². The Morgan fingerprint density at radius 3 is 2.50 bits per heavy atom. The third-order valence-electron chi connectivity index (χ3n) is 2.29. The van der Waals surface area contributed by atoms with E-state index in [4.69, 9.17) is 34.8 Å². The zero-order valence-corrected chi connectivity index (χ0v) is 12.2. The van der Waals surface area contributed by atoms with Gasteiger partial charge in [-0.2, -0.15) is 0 Å². The molecule has 2 aromatic rings. The fraction of sp³-hybridized carbons (Fsp3) is 0. The summed E-state index contributed by atoms with van der Waals surface area (Å²) in [5.41, 5.74) is 0.844. The van der Waals surface area contributed by atoms with Crippen molar-refractivity contribution in [3.05, 3.63) is 57.4 Å². The minimum atomic E-state index is -0.378. The summed E-state index contributed by atoms with van der Waals surface area (Å²) in [6.07, 6.45) is 4.21. The van der Waals surface area contributed by atoms with Crippen LogP contribution in [0.5, 0.6) is 0 Å². The molecular weight excluding hydrogens is 321 g/mol. The van der Waals surface area contributed by atoms with E-state index >= 15 is 0 Å². The van der Waals surface area contributed by atoms with Gasteiger partial charge in [-0.1, -0.05) is 46.9 Å². The Morgan fingerprint density at radius 1 is 1.10 bits per heavy atom. The predicted molar refractivity (Wildman–Crippen MR) is 81.2 cm³/mol. The molecule has 4 nitrogen and oxygen atoms in total. The van der Waals surface area contributed by atoms with Crippen LogP contribution in [-0.2, 0) is 4.79 Å². The smallest absolute Gasteiger partial charge is 0.249 e. The van der Waals surface area contributed by atoms with Gasteiger partial charge in [0.2, 0.25) is 5.91 Å². The van der Waals surface area contributed by atoms with Gasteiger partial charge in [0.25, 0.3) is 0 Å². The Balaban J connectivity index is 2.05. The molecule has 0 fully saturated rings. The van der Waals surface area contributed by atoms with Crippen LogP contribution < -0.4 is 5.32 Å². The molecule has 102 valence electrons. The first-order valence-corrected chi connectivity index (χ1v) is 6.60. The summed E-state index contributed by atoms with van der Waals surface area (Å²) in [7, 11) is 0. The molecule has 0 bridgehead atoms. The number of benzene rings is 1. The van der Waals surface area contributed by atoms with Gasteiger partial charge in [-0.3, -0.25) is 4.79 Å². The predicted octanol–water partition coefficient (Wildman–Crippen LogP) is 4.09. The van der Waals surface area contributed by atoms with Gasteiger partial charge in [0.1, 0.15) is 11.3 Å². The van der Waals surface area contributed by atoms with Gasteiger partial charge >= 0.3 is 0 Å². The molecule has 0 aliphatic heterocycles. The van der Waals surface area contributed by atoms with Crippen molar-refractivity contribution in [3.8, 4) is 0 Å². The van der Waals surface area contributed by atoms with Gasteiger partial charge in [0.05, 0.1) is 0 Å². The van der Waals surface area contributed by atoms with E-state index in [2.05, 4.69) is 15.3 Å². The average molecular weight is 329 g/mol. The molecule has 1 heterocycles. The number of hydrogen-bond donors (Lipinski definition) is 1. The zero-order chi connectivity index (χ0) is 14.5. The summed E-state index contributed by atoms with van der Waals surface area (Å²) in [6, 6.07) is 7.06. The number of rotatable bonds is 3. The summed E-state index contributed by atoms with van der Waals surface area (Å²) in [4.78, 5) is 19.3. The highest BCUT2D eigenvalue weighted by atomic mass is 35.5. The summed E-state index contributed by atoms with van der Waals surface area (Å²) in [6.45, 7) is 0. The van der Waals surface area contributed by atoms with Crippen LogP contribution in [0.4, 0.5) is 5.82 Å². The third-order valence-corrected chi connectivity index (χ3v) is 3.28. The highest BCUT2D eigenvalue weighted by Gasteiger charge is 2.08. The molecule has 0 atom stereocenters. The third kappa shape index (κ3) is 3.93. The number of amides is 1. The van der Waals surface area contributed by atoms with E-state index in [1.54, 1.807) is 30.3 Å². The second kappa shape index (κ2) is 6.70. The van der Waals surface area contributed by atoms with Crippen LogP contribution in [0.15, 0.2) is 36.7 Å². The molecule has 1 aromatic carbocycles. The Bertz CT molecular complexity index is 656. The molecule has 20 heavy (non-hydrogen) atoms. The Morgan fingerprint density at radius 2 is 1.80 bits per heavy atom. The van der Waals surface area contributed by atoms with E-state index < -0.39 is 0 Å². The molecule has 0 unspecified atom stereocenters. The van der Waals surface area contributed by atoms with Crippen molar-refractivity contribution in [2.45, 2.75) is 0 Å². The number of aromatic nitrogens is 2. The average Bonchev–Trinajstić information content (AvgIpc) is 2.43. The van der Waals surface area contributed by atoms with Crippen molar-refractivity contribution < 1.29 is 4.79 Å². The first-order valence-electron chi connectivity index (χ1n) is 5.47. The Hall–Kier alpha value is -1.62. The molecule has 0 saturated heterocycles. The standard InChI is InChI=1S/C13H8Cl3N3O/c14-9-4-1-8(2-5-9)3-6-10(20)19-13-11(15)12(16)17-7-18-13/h1-7H,(H,17,18,19,20)/b6-3+. The van der Waals surface area contributed by atoms with Crippen molar-refractivity contribution in [2.75, 3.05) is 5.32 Å². The fourth-order valence-electron chi connectivity index (χ4n) is 1.34. The normalized spacial score (nSPS) is 10.8. The van der Waals surface area contributed by atoms with E-state index in [-0.39, 0.29) is 21.9 Å². The maximum absolute atomic E-state index is 11.7. The van der Waals surface area contributed by atoms with Crippen LogP contribution in [-0.4, -0.2) is 15.9 Å². The summed E-state index contributed by atoms with van der Waals surface area (Å²) in [5, 5.41) is 3.33. The van der Waals surface area contributed by atoms with Gasteiger partial charge in [0.15, 0.2) is 11.0 Å². The van der Waals surface area contributed by atoms with E-state index in [1.807, 2.05) is 0 Å². The van der Waals surface area contributed by atoms with Crippen LogP contribution in [0.25, 0.3) is 6.08 Å². The van der Waals surface area contributed by atoms with Crippen molar-refractivity contribution >= 4 is 52.6 Å². The lowest BCUT2D eigenvalue weighted by atomic mass is 10.2. The summed E-state index contributed by atoms with van der Waals surface area (Å²) < 4.78 is 0. The number of halogens is 3. The van der Waals surface area contributed by atoms with Gasteiger partial charge in [-0.15, -0.1) is 0 Å². The molecule has 0 aliphatic carbocycles. The topological polar surface area (TPSA) is 54.9 Å². The van der Waals surface area contributed by atoms with Crippen molar-refractivity contribution in [1.29, 1.82) is 0 Å². The number of anilines is 1. The zero-order valence-electron chi connectivity index (χ0n) is 9.98. The lowest BCUT2D eigenvalue weighted by Gasteiger charge is -2.03. The number of hydrogen-bond acceptors (Lipinski definition) is 3. The molecule has 0 aliphatic rings. The van der Waals surface area contributed by atoms with Crippen LogP contribution in [0.2, 0.25) is 15.2 Å². The molecular formula is C13H8Cl3N3O. The van der Waals surface area contributed by atoms with Gasteiger partial charge in [0, 0.05) is 11.1 Å². The van der Waals surface area contributed by atoms with Gasteiger partial charge in [-0.05, 0) is 23.8 Å². The van der Waals surface area contributed by atoms with E-state index in [9.17, 15) is 4.79 Å². The second-order valence-corrected chi connectivity index (χ2v) is 4.87. The quantitative estimate of drug-likeness (QED) is 0.682. The van der Waals surface area contributed by atoms with Crippen molar-refractivity contribution in [1.82, 2.24) is 9.97 Å². The SMILES string of the molecule is O=C(/C=C/c1ccc(Cl)cc1)Nc1ncnc(Cl)c1Cl. The van der Waals surface area contributed by atoms with Crippen LogP contribution in [0.1, 0.15) is 5.56 Å². The highest BCUT2D eigenvalue weighted by Crippen LogP contribution is 2.25. The molecule has 7 heteroatoms. The highest BCUT2D eigenvalue weighted by molar-refractivity contribution is 6.43. The molecule has 0 spiro atoms. The van der Waals surface area contributed by atoms with E-state index in [0.29, 0.717) is 5.02 Å². The van der Waals surface area contributed by atoms with Crippen molar-refractivity contribution in [2.24, 2.45) is 0 Å². The minimum Gasteiger partial charge on any atom is -0.306 e. The lowest BCUT2D eigenvalue weighted by molar-refractivity contribution is -0.111. The number of carbonyl (C=O) groups excluding carboxylic acids is 1. The number of nitrogens with one attached hydrogen (secondary N) is 1. The molecule has 1 aromatic heterocycles. The molecule has 2 rings (SSSR count). The second-order valence-electron chi connectivity index (χ2n) is 3.70. The molecule has 1 N–H and O–H groups in total. The maximum Gasteiger partial charge on any atom is 0.249 e. The number of carbonyl (C=O) groups is 1. The summed E-state index contributed by atoms with van der Waals surface area (Å²) >= 11 is 17.4. The van der Waals surface area contributed by atoms with Crippen LogP contribution in [0, 0.1) is 0 Å². The first kappa shape index (κ1) is 14.8.